The third-order valence-corrected chi connectivity index (χ3v) is 6.40. The van der Waals surface area contributed by atoms with Crippen molar-refractivity contribution in [1.82, 2.24) is 9.88 Å². The van der Waals surface area contributed by atoms with Crippen molar-refractivity contribution in [2.75, 3.05) is 13.1 Å². The number of pyridine rings is 1. The highest BCUT2D eigenvalue weighted by atomic mass is 16.2. The molecule has 1 aliphatic heterocycles. The summed E-state index contributed by atoms with van der Waals surface area (Å²) in [5.74, 6) is 1.50. The van der Waals surface area contributed by atoms with Gasteiger partial charge in [-0.3, -0.25) is 9.78 Å². The summed E-state index contributed by atoms with van der Waals surface area (Å²) in [7, 11) is 0. The second kappa shape index (κ2) is 10.4. The predicted molar refractivity (Wildman–Crippen MR) is 127 cm³/mol. The van der Waals surface area contributed by atoms with Gasteiger partial charge < -0.3 is 4.90 Å². The molecule has 158 valence electrons. The quantitative estimate of drug-likeness (QED) is 0.500. The molecule has 0 saturated carbocycles. The summed E-state index contributed by atoms with van der Waals surface area (Å²) in [4.78, 5) is 18.6. The minimum absolute atomic E-state index is 0.292. The third kappa shape index (κ3) is 4.89. The Balaban J connectivity index is 1.77. The van der Waals surface area contributed by atoms with E-state index in [9.17, 15) is 4.79 Å². The van der Waals surface area contributed by atoms with E-state index < -0.39 is 0 Å². The molecule has 1 saturated heterocycles. The lowest BCUT2D eigenvalue weighted by Gasteiger charge is -2.36. The number of hydrogen-bond donors (Lipinski definition) is 0. The zero-order valence-electron chi connectivity index (χ0n) is 18.4. The summed E-state index contributed by atoms with van der Waals surface area (Å²) >= 11 is 0. The molecule has 3 heteroatoms. The lowest BCUT2D eigenvalue weighted by Crippen LogP contribution is -2.39. The highest BCUT2D eigenvalue weighted by Gasteiger charge is 2.28. The van der Waals surface area contributed by atoms with Crippen LogP contribution < -0.4 is 0 Å². The topological polar surface area (TPSA) is 33.2 Å². The normalized spacial score (nSPS) is 15.6. The van der Waals surface area contributed by atoms with Crippen LogP contribution in [0.15, 0.2) is 49.7 Å². The average molecular weight is 403 g/mol. The molecule has 0 bridgehead atoms. The fourth-order valence-electron chi connectivity index (χ4n) is 4.67. The molecule has 1 aromatic carbocycles. The molecule has 1 aromatic heterocycles. The van der Waals surface area contributed by atoms with Crippen LogP contribution in [-0.4, -0.2) is 28.9 Å². The number of amides is 1. The first kappa shape index (κ1) is 22.0. The lowest BCUT2D eigenvalue weighted by molar-refractivity contribution is -0.132. The molecule has 2 aromatic rings. The van der Waals surface area contributed by atoms with Crippen LogP contribution in [0, 0.1) is 5.92 Å². The molecule has 30 heavy (non-hydrogen) atoms. The zero-order chi connectivity index (χ0) is 21.5. The van der Waals surface area contributed by atoms with Crippen molar-refractivity contribution >= 4 is 18.1 Å². The summed E-state index contributed by atoms with van der Waals surface area (Å²) in [6, 6.07) is 11.1. The number of hydrogen-bond acceptors (Lipinski definition) is 2. The molecule has 1 atom stereocenters. The van der Waals surface area contributed by atoms with E-state index in [-0.39, 0.29) is 0 Å². The van der Waals surface area contributed by atoms with E-state index in [4.69, 9.17) is 0 Å². The highest BCUT2D eigenvalue weighted by Crippen LogP contribution is 2.37. The molecule has 1 aliphatic rings. The number of rotatable bonds is 8. The van der Waals surface area contributed by atoms with Crippen molar-refractivity contribution in [2.45, 2.75) is 51.9 Å². The van der Waals surface area contributed by atoms with E-state index in [0.29, 0.717) is 24.2 Å². The number of nitrogens with zero attached hydrogens (tertiary/aromatic N) is 2. The molecule has 1 unspecified atom stereocenters. The molecular formula is C27H34N2O. The Hall–Kier alpha value is -2.68. The van der Waals surface area contributed by atoms with Crippen molar-refractivity contribution in [2.24, 2.45) is 5.92 Å². The van der Waals surface area contributed by atoms with Crippen molar-refractivity contribution in [3.8, 4) is 11.1 Å². The van der Waals surface area contributed by atoms with Gasteiger partial charge in [0.2, 0.25) is 5.91 Å². The van der Waals surface area contributed by atoms with E-state index in [1.165, 1.54) is 24.0 Å². The summed E-state index contributed by atoms with van der Waals surface area (Å²) in [6.07, 6.45) is 10.7. The van der Waals surface area contributed by atoms with Crippen molar-refractivity contribution in [1.29, 1.82) is 0 Å². The van der Waals surface area contributed by atoms with Crippen LogP contribution in [0.25, 0.3) is 23.3 Å². The number of likely N-dealkylation sites (tertiary alicyclic amines) is 1. The summed E-state index contributed by atoms with van der Waals surface area (Å²) in [5, 5.41) is 0. The smallest absolute Gasteiger partial charge is 0.222 e. The Morgan fingerprint density at radius 3 is 2.40 bits per heavy atom. The van der Waals surface area contributed by atoms with Gasteiger partial charge >= 0.3 is 0 Å². The fourth-order valence-corrected chi connectivity index (χ4v) is 4.67. The molecule has 0 spiro atoms. The second-order valence-corrected chi connectivity index (χ2v) is 8.20. The number of carbonyl (C=O) groups is 1. The maximum absolute atomic E-state index is 12.0. The second-order valence-electron chi connectivity index (χ2n) is 8.20. The molecule has 1 fully saturated rings. The Labute approximate surface area is 181 Å². The Morgan fingerprint density at radius 2 is 1.83 bits per heavy atom. The van der Waals surface area contributed by atoms with Gasteiger partial charge in [0.15, 0.2) is 0 Å². The maximum atomic E-state index is 12.0. The number of aromatic nitrogens is 1. The van der Waals surface area contributed by atoms with Crippen LogP contribution in [0.1, 0.15) is 68.7 Å². The molecule has 2 heterocycles. The lowest BCUT2D eigenvalue weighted by atomic mass is 9.77. The van der Waals surface area contributed by atoms with E-state index in [1.807, 2.05) is 24.1 Å². The van der Waals surface area contributed by atoms with E-state index in [1.54, 1.807) is 6.08 Å². The monoisotopic (exact) mass is 402 g/mol. The van der Waals surface area contributed by atoms with Crippen LogP contribution in [-0.2, 0) is 4.79 Å². The van der Waals surface area contributed by atoms with Crippen LogP contribution in [0.5, 0.6) is 0 Å². The average Bonchev–Trinajstić information content (AvgIpc) is 2.82. The van der Waals surface area contributed by atoms with Gasteiger partial charge in [-0.15, -0.1) is 0 Å². The fraction of sp³-hybridized carbons (Fsp3) is 0.407. The predicted octanol–water partition coefficient (Wildman–Crippen LogP) is 6.57. The van der Waals surface area contributed by atoms with Gasteiger partial charge in [-0.05, 0) is 54.4 Å². The maximum Gasteiger partial charge on any atom is 0.222 e. The minimum atomic E-state index is 0.292. The van der Waals surface area contributed by atoms with Gasteiger partial charge in [-0.1, -0.05) is 63.8 Å². The Bertz CT molecular complexity index is 876. The summed E-state index contributed by atoms with van der Waals surface area (Å²) in [6.45, 7) is 13.7. The molecule has 3 rings (SSSR count). The SMILES string of the molecule is C=Cc1cc(-c2ccc(C(CCC)C3CCN(C(=O)CC)CC3)cc2)cnc1C=C. The molecule has 0 N–H and O–H groups in total. The van der Waals surface area contributed by atoms with E-state index in [2.05, 4.69) is 55.4 Å². The van der Waals surface area contributed by atoms with Gasteiger partial charge in [0, 0.05) is 36.8 Å². The van der Waals surface area contributed by atoms with Gasteiger partial charge in [0.1, 0.15) is 0 Å². The van der Waals surface area contributed by atoms with Crippen LogP contribution >= 0.6 is 0 Å². The van der Waals surface area contributed by atoms with Gasteiger partial charge in [0.05, 0.1) is 5.69 Å². The van der Waals surface area contributed by atoms with Gasteiger partial charge in [-0.2, -0.15) is 0 Å². The first-order valence-corrected chi connectivity index (χ1v) is 11.2. The number of carbonyl (C=O) groups excluding carboxylic acids is 1. The molecule has 1 amide bonds. The largest absolute Gasteiger partial charge is 0.343 e. The van der Waals surface area contributed by atoms with Crippen LogP contribution in [0.2, 0.25) is 0 Å². The molecule has 0 radical (unpaired) electrons. The first-order chi connectivity index (χ1) is 14.6. The van der Waals surface area contributed by atoms with Crippen LogP contribution in [0.3, 0.4) is 0 Å². The molecule has 3 nitrogen and oxygen atoms in total. The van der Waals surface area contributed by atoms with Gasteiger partial charge in [-0.25, -0.2) is 0 Å². The highest BCUT2D eigenvalue weighted by molar-refractivity contribution is 5.75. The van der Waals surface area contributed by atoms with E-state index in [0.717, 1.165) is 42.8 Å². The van der Waals surface area contributed by atoms with Crippen molar-refractivity contribution < 1.29 is 4.79 Å². The van der Waals surface area contributed by atoms with E-state index >= 15 is 0 Å². The summed E-state index contributed by atoms with van der Waals surface area (Å²) < 4.78 is 0. The Morgan fingerprint density at radius 1 is 1.13 bits per heavy atom. The standard InChI is InChI=1S/C27H34N2O/c1-5-9-25(23-14-16-29(17-15-23)27(30)8-4)22-12-10-21(11-13-22)24-18-20(6-2)26(7-3)28-19-24/h6-7,10-13,18-19,23,25H,2-3,5,8-9,14-17H2,1,4H3. The number of benzene rings is 1. The zero-order valence-corrected chi connectivity index (χ0v) is 18.4. The van der Waals surface area contributed by atoms with Gasteiger partial charge in [0.25, 0.3) is 0 Å². The molecule has 0 aliphatic carbocycles. The minimum Gasteiger partial charge on any atom is -0.343 e. The van der Waals surface area contributed by atoms with Crippen molar-refractivity contribution in [3.05, 3.63) is 66.5 Å². The summed E-state index contributed by atoms with van der Waals surface area (Å²) in [5.41, 5.74) is 5.55. The third-order valence-electron chi connectivity index (χ3n) is 6.40. The first-order valence-electron chi connectivity index (χ1n) is 11.2. The number of piperidine rings is 1. The molecular weight excluding hydrogens is 368 g/mol. The Kier molecular flexibility index (Phi) is 7.62. The van der Waals surface area contributed by atoms with Crippen molar-refractivity contribution in [3.63, 3.8) is 0 Å². The van der Waals surface area contributed by atoms with Crippen LogP contribution in [0.4, 0.5) is 0 Å².